The Morgan fingerprint density at radius 1 is 1.62 bits per heavy atom. The summed E-state index contributed by atoms with van der Waals surface area (Å²) in [6.45, 7) is 4.24. The van der Waals surface area contributed by atoms with Gasteiger partial charge in [0.1, 0.15) is 5.15 Å². The van der Waals surface area contributed by atoms with Crippen LogP contribution in [0.25, 0.3) is 0 Å². The molecule has 16 heavy (non-hydrogen) atoms. The summed E-state index contributed by atoms with van der Waals surface area (Å²) < 4.78 is 1.62. The van der Waals surface area contributed by atoms with Gasteiger partial charge in [-0.25, -0.2) is 0 Å². The highest BCUT2D eigenvalue weighted by Gasteiger charge is 2.14. The average Bonchev–Trinajstić information content (AvgIpc) is 2.49. The Morgan fingerprint density at radius 2 is 2.25 bits per heavy atom. The van der Waals surface area contributed by atoms with E-state index in [1.165, 1.54) is 0 Å². The summed E-state index contributed by atoms with van der Waals surface area (Å²) in [5.74, 6) is -0.0438. The minimum Gasteiger partial charge on any atom is -0.358 e. The molecule has 0 bridgehead atoms. The molecule has 1 aromatic heterocycles. The van der Waals surface area contributed by atoms with E-state index in [9.17, 15) is 4.79 Å². The second kappa shape index (κ2) is 5.32. The summed E-state index contributed by atoms with van der Waals surface area (Å²) in [4.78, 5) is 11.3. The van der Waals surface area contributed by atoms with E-state index in [1.807, 2.05) is 6.92 Å². The summed E-state index contributed by atoms with van der Waals surface area (Å²) >= 11 is 6.07. The normalized spacial score (nSPS) is 12.6. The molecule has 0 aromatic carbocycles. The number of likely N-dealkylation sites (N-methyl/N-ethyl adjacent to an activating group) is 1. The molecule has 1 aromatic rings. The lowest BCUT2D eigenvalue weighted by Gasteiger charge is -2.11. The predicted molar refractivity (Wildman–Crippen MR) is 63.3 cm³/mol. The second-order valence-electron chi connectivity index (χ2n) is 3.70. The van der Waals surface area contributed by atoms with Gasteiger partial charge in [-0.15, -0.1) is 0 Å². The number of halogens is 1. The van der Waals surface area contributed by atoms with Crippen LogP contribution in [0.4, 0.5) is 0 Å². The molecule has 0 unspecified atom stereocenters. The zero-order chi connectivity index (χ0) is 12.3. The molecule has 0 radical (unpaired) electrons. The quantitative estimate of drug-likeness (QED) is 0.816. The third-order valence-corrected chi connectivity index (χ3v) is 2.97. The topological polar surface area (TPSA) is 59.0 Å². The molecule has 5 nitrogen and oxygen atoms in total. The van der Waals surface area contributed by atoms with Crippen LogP contribution in [0.2, 0.25) is 5.15 Å². The molecule has 0 saturated carbocycles. The van der Waals surface area contributed by atoms with Gasteiger partial charge in [0.2, 0.25) is 5.91 Å². The number of hydrogen-bond acceptors (Lipinski definition) is 3. The third-order valence-electron chi connectivity index (χ3n) is 2.49. The van der Waals surface area contributed by atoms with E-state index in [2.05, 4.69) is 15.7 Å². The van der Waals surface area contributed by atoms with Crippen LogP contribution in [0.5, 0.6) is 0 Å². The van der Waals surface area contributed by atoms with Gasteiger partial charge in [0.25, 0.3) is 0 Å². The number of nitrogens with zero attached hydrogens (tertiary/aromatic N) is 2. The van der Waals surface area contributed by atoms with Crippen LogP contribution < -0.4 is 10.6 Å². The van der Waals surface area contributed by atoms with Crippen molar-refractivity contribution >= 4 is 17.5 Å². The fourth-order valence-electron chi connectivity index (χ4n) is 1.44. The monoisotopic (exact) mass is 244 g/mol. The summed E-state index contributed by atoms with van der Waals surface area (Å²) in [5, 5.41) is 10.5. The molecule has 0 aliphatic rings. The van der Waals surface area contributed by atoms with Gasteiger partial charge in [0, 0.05) is 26.2 Å². The summed E-state index contributed by atoms with van der Waals surface area (Å²) in [5.41, 5.74) is 1.81. The number of carbonyl (C=O) groups excluding carboxylic acids is 1. The van der Waals surface area contributed by atoms with E-state index in [-0.39, 0.29) is 11.9 Å². The SMILES string of the molecule is CNC(=O)[C@@H](C)NCc1c(C)nn(C)c1Cl. The van der Waals surface area contributed by atoms with Gasteiger partial charge in [-0.05, 0) is 13.8 Å². The predicted octanol–water partition coefficient (Wildman–Crippen LogP) is 0.606. The van der Waals surface area contributed by atoms with Gasteiger partial charge >= 0.3 is 0 Å². The highest BCUT2D eigenvalue weighted by molar-refractivity contribution is 6.30. The Balaban J connectivity index is 2.64. The van der Waals surface area contributed by atoms with Gasteiger partial charge in [0.15, 0.2) is 0 Å². The standard InChI is InChI=1S/C10H17ClN4O/c1-6-8(9(11)15(4)14-6)5-13-7(2)10(16)12-3/h7,13H,5H2,1-4H3,(H,12,16)/t7-/m1/s1. The van der Waals surface area contributed by atoms with Crippen LogP contribution in [-0.2, 0) is 18.4 Å². The van der Waals surface area contributed by atoms with E-state index in [0.717, 1.165) is 11.3 Å². The first-order valence-corrected chi connectivity index (χ1v) is 5.48. The molecule has 2 N–H and O–H groups in total. The van der Waals surface area contributed by atoms with Crippen LogP contribution in [0.15, 0.2) is 0 Å². The Kier molecular flexibility index (Phi) is 4.32. The Labute approximate surface area is 100 Å². The van der Waals surface area contributed by atoms with Crippen LogP contribution in [0, 0.1) is 6.92 Å². The van der Waals surface area contributed by atoms with Crippen molar-refractivity contribution in [3.63, 3.8) is 0 Å². The van der Waals surface area contributed by atoms with Crippen molar-refractivity contribution in [2.75, 3.05) is 7.05 Å². The van der Waals surface area contributed by atoms with Crippen LogP contribution in [0.1, 0.15) is 18.2 Å². The Bertz CT molecular complexity index is 388. The highest BCUT2D eigenvalue weighted by atomic mass is 35.5. The summed E-state index contributed by atoms with van der Waals surface area (Å²) in [6, 6.07) is -0.249. The average molecular weight is 245 g/mol. The first-order valence-electron chi connectivity index (χ1n) is 5.10. The number of aromatic nitrogens is 2. The van der Waals surface area contributed by atoms with Crippen molar-refractivity contribution in [1.29, 1.82) is 0 Å². The molecule has 0 aliphatic carbocycles. The van der Waals surface area contributed by atoms with E-state index in [0.29, 0.717) is 11.7 Å². The molecule has 6 heteroatoms. The largest absolute Gasteiger partial charge is 0.358 e. The molecule has 1 rings (SSSR count). The maximum atomic E-state index is 11.3. The number of carbonyl (C=O) groups is 1. The smallest absolute Gasteiger partial charge is 0.236 e. The van der Waals surface area contributed by atoms with E-state index in [1.54, 1.807) is 25.7 Å². The summed E-state index contributed by atoms with van der Waals surface area (Å²) in [6.07, 6.45) is 0. The van der Waals surface area contributed by atoms with Crippen molar-refractivity contribution in [3.05, 3.63) is 16.4 Å². The molecule has 0 aliphatic heterocycles. The van der Waals surface area contributed by atoms with Crippen molar-refractivity contribution in [2.45, 2.75) is 26.4 Å². The van der Waals surface area contributed by atoms with E-state index in [4.69, 9.17) is 11.6 Å². The first-order chi connectivity index (χ1) is 7.47. The number of rotatable bonds is 4. The first kappa shape index (κ1) is 13.0. The van der Waals surface area contributed by atoms with Crippen molar-refractivity contribution in [1.82, 2.24) is 20.4 Å². The van der Waals surface area contributed by atoms with E-state index >= 15 is 0 Å². The molecule has 90 valence electrons. The van der Waals surface area contributed by atoms with Crippen LogP contribution in [0.3, 0.4) is 0 Å². The number of hydrogen-bond donors (Lipinski definition) is 2. The molecule has 1 atom stereocenters. The third kappa shape index (κ3) is 2.74. The molecule has 0 spiro atoms. The number of aryl methyl sites for hydroxylation is 2. The maximum Gasteiger partial charge on any atom is 0.236 e. The lowest BCUT2D eigenvalue weighted by Crippen LogP contribution is -2.40. The minimum atomic E-state index is -0.249. The molecule has 0 saturated heterocycles. The molecule has 1 heterocycles. The Morgan fingerprint density at radius 3 is 2.69 bits per heavy atom. The van der Waals surface area contributed by atoms with Crippen LogP contribution >= 0.6 is 11.6 Å². The number of amides is 1. The Hall–Kier alpha value is -1.07. The molecule has 1 amide bonds. The van der Waals surface area contributed by atoms with Gasteiger partial charge < -0.3 is 10.6 Å². The minimum absolute atomic E-state index is 0.0438. The van der Waals surface area contributed by atoms with Gasteiger partial charge in [-0.2, -0.15) is 5.10 Å². The fourth-order valence-corrected chi connectivity index (χ4v) is 1.68. The van der Waals surface area contributed by atoms with Gasteiger partial charge in [-0.1, -0.05) is 11.6 Å². The second-order valence-corrected chi connectivity index (χ2v) is 4.05. The zero-order valence-electron chi connectivity index (χ0n) is 9.97. The lowest BCUT2D eigenvalue weighted by atomic mass is 10.2. The molecule has 0 fully saturated rings. The van der Waals surface area contributed by atoms with Crippen molar-refractivity contribution in [2.24, 2.45) is 7.05 Å². The zero-order valence-corrected chi connectivity index (χ0v) is 10.7. The van der Waals surface area contributed by atoms with E-state index < -0.39 is 0 Å². The lowest BCUT2D eigenvalue weighted by molar-refractivity contribution is -0.122. The fraction of sp³-hybridized carbons (Fsp3) is 0.600. The van der Waals surface area contributed by atoms with Crippen molar-refractivity contribution < 1.29 is 4.79 Å². The number of nitrogens with one attached hydrogen (secondary N) is 2. The van der Waals surface area contributed by atoms with Gasteiger partial charge in [-0.3, -0.25) is 9.48 Å². The van der Waals surface area contributed by atoms with Crippen molar-refractivity contribution in [3.8, 4) is 0 Å². The maximum absolute atomic E-state index is 11.3. The highest BCUT2D eigenvalue weighted by Crippen LogP contribution is 2.18. The van der Waals surface area contributed by atoms with Gasteiger partial charge in [0.05, 0.1) is 11.7 Å². The summed E-state index contributed by atoms with van der Waals surface area (Å²) in [7, 11) is 3.41. The molecular formula is C10H17ClN4O. The van der Waals surface area contributed by atoms with Crippen LogP contribution in [-0.4, -0.2) is 28.8 Å². The molecular weight excluding hydrogens is 228 g/mol.